The van der Waals surface area contributed by atoms with Gasteiger partial charge in [-0.15, -0.1) is 11.3 Å². The molecule has 0 fully saturated rings. The van der Waals surface area contributed by atoms with E-state index in [1.54, 1.807) is 21.5 Å². The van der Waals surface area contributed by atoms with Gasteiger partial charge in [0.25, 0.3) is 5.56 Å². The molecule has 0 radical (unpaired) electrons. The third-order valence-corrected chi connectivity index (χ3v) is 6.41. The van der Waals surface area contributed by atoms with Crippen LogP contribution in [0, 0.1) is 13.8 Å². The highest BCUT2D eigenvalue weighted by Gasteiger charge is 2.17. The number of thiophene rings is 1. The van der Waals surface area contributed by atoms with Crippen molar-refractivity contribution in [3.63, 3.8) is 0 Å². The standard InChI is InChI=1S/C18H23N5O2S2/c1-6-22-17(25)15-11(4)12(5)27-16(15)21-18(22)26-9-14(24)20-13-7-8-19-23(13)10(2)3/h7-8,10H,6,9H2,1-5H3,(H,20,24). The maximum atomic E-state index is 12.8. The van der Waals surface area contributed by atoms with Crippen LogP contribution in [0.4, 0.5) is 5.82 Å². The van der Waals surface area contributed by atoms with Crippen LogP contribution < -0.4 is 10.9 Å². The Balaban J connectivity index is 1.81. The van der Waals surface area contributed by atoms with Crippen molar-refractivity contribution < 1.29 is 4.79 Å². The van der Waals surface area contributed by atoms with Gasteiger partial charge in [0.05, 0.1) is 17.3 Å². The van der Waals surface area contributed by atoms with Gasteiger partial charge >= 0.3 is 0 Å². The average molecular weight is 406 g/mol. The van der Waals surface area contributed by atoms with Crippen LogP contribution in [0.3, 0.4) is 0 Å². The van der Waals surface area contributed by atoms with Gasteiger partial charge < -0.3 is 5.32 Å². The number of nitrogens with one attached hydrogen (secondary N) is 1. The van der Waals surface area contributed by atoms with Gasteiger partial charge in [-0.3, -0.25) is 14.2 Å². The van der Waals surface area contributed by atoms with Crippen molar-refractivity contribution in [2.75, 3.05) is 11.1 Å². The van der Waals surface area contributed by atoms with Crippen molar-refractivity contribution >= 4 is 45.0 Å². The van der Waals surface area contributed by atoms with E-state index in [-0.39, 0.29) is 23.3 Å². The van der Waals surface area contributed by atoms with Crippen LogP contribution in [0.25, 0.3) is 10.2 Å². The number of hydrogen-bond donors (Lipinski definition) is 1. The van der Waals surface area contributed by atoms with Crippen molar-refractivity contribution in [3.05, 3.63) is 33.1 Å². The number of aryl methyl sites for hydroxylation is 2. The number of carbonyl (C=O) groups is 1. The Hall–Kier alpha value is -2.13. The Labute approximate surface area is 165 Å². The van der Waals surface area contributed by atoms with E-state index in [9.17, 15) is 9.59 Å². The number of amides is 1. The Morgan fingerprint density at radius 2 is 2.11 bits per heavy atom. The Kier molecular flexibility index (Phi) is 5.71. The maximum Gasteiger partial charge on any atom is 0.263 e. The topological polar surface area (TPSA) is 81.8 Å². The number of fused-ring (bicyclic) bond motifs is 1. The van der Waals surface area contributed by atoms with Gasteiger partial charge in [0.15, 0.2) is 5.16 Å². The van der Waals surface area contributed by atoms with Crippen LogP contribution in [0.2, 0.25) is 0 Å². The third kappa shape index (κ3) is 3.79. The molecule has 144 valence electrons. The zero-order valence-corrected chi connectivity index (χ0v) is 17.7. The molecule has 0 aliphatic rings. The molecule has 0 saturated carbocycles. The highest BCUT2D eigenvalue weighted by molar-refractivity contribution is 7.99. The average Bonchev–Trinajstić information content (AvgIpc) is 3.18. The van der Waals surface area contributed by atoms with Gasteiger partial charge in [0.1, 0.15) is 10.6 Å². The monoisotopic (exact) mass is 405 g/mol. The molecule has 0 aliphatic heterocycles. The molecular formula is C18H23N5O2S2. The van der Waals surface area contributed by atoms with E-state index in [1.165, 1.54) is 23.1 Å². The largest absolute Gasteiger partial charge is 0.310 e. The van der Waals surface area contributed by atoms with Crippen molar-refractivity contribution in [3.8, 4) is 0 Å². The minimum Gasteiger partial charge on any atom is -0.310 e. The molecule has 0 bridgehead atoms. The van der Waals surface area contributed by atoms with E-state index in [2.05, 4.69) is 15.4 Å². The summed E-state index contributed by atoms with van der Waals surface area (Å²) in [5, 5.41) is 8.34. The van der Waals surface area contributed by atoms with E-state index in [1.807, 2.05) is 34.6 Å². The number of hydrogen-bond acceptors (Lipinski definition) is 6. The molecule has 7 nitrogen and oxygen atoms in total. The summed E-state index contributed by atoms with van der Waals surface area (Å²) in [5.74, 6) is 0.680. The molecule has 9 heteroatoms. The number of aromatic nitrogens is 4. The van der Waals surface area contributed by atoms with E-state index in [0.717, 1.165) is 15.3 Å². The predicted molar refractivity (Wildman–Crippen MR) is 111 cm³/mol. The van der Waals surface area contributed by atoms with Crippen LogP contribution in [0.15, 0.2) is 22.2 Å². The Morgan fingerprint density at radius 1 is 1.37 bits per heavy atom. The van der Waals surface area contributed by atoms with E-state index in [4.69, 9.17) is 0 Å². The van der Waals surface area contributed by atoms with E-state index < -0.39 is 0 Å². The molecule has 3 aromatic rings. The molecule has 0 aromatic carbocycles. The summed E-state index contributed by atoms with van der Waals surface area (Å²) in [7, 11) is 0. The fraction of sp³-hybridized carbons (Fsp3) is 0.444. The van der Waals surface area contributed by atoms with Crippen molar-refractivity contribution in [1.82, 2.24) is 19.3 Å². The summed E-state index contributed by atoms with van der Waals surface area (Å²) in [6, 6.07) is 1.93. The van der Waals surface area contributed by atoms with E-state index >= 15 is 0 Å². The zero-order chi connectivity index (χ0) is 19.7. The first kappa shape index (κ1) is 19.6. The van der Waals surface area contributed by atoms with Gasteiger partial charge in [0, 0.05) is 23.5 Å². The lowest BCUT2D eigenvalue weighted by molar-refractivity contribution is -0.113. The lowest BCUT2D eigenvalue weighted by Gasteiger charge is -2.12. The lowest BCUT2D eigenvalue weighted by Crippen LogP contribution is -2.23. The summed E-state index contributed by atoms with van der Waals surface area (Å²) in [6.07, 6.45) is 1.66. The lowest BCUT2D eigenvalue weighted by atomic mass is 10.2. The van der Waals surface area contributed by atoms with Crippen molar-refractivity contribution in [2.24, 2.45) is 0 Å². The van der Waals surface area contributed by atoms with Gasteiger partial charge in [0.2, 0.25) is 5.91 Å². The first-order valence-electron chi connectivity index (χ1n) is 8.80. The summed E-state index contributed by atoms with van der Waals surface area (Å²) < 4.78 is 3.39. The minimum absolute atomic E-state index is 0.0369. The number of carbonyl (C=O) groups excluding carboxylic acids is 1. The molecule has 1 N–H and O–H groups in total. The van der Waals surface area contributed by atoms with Gasteiger partial charge in [-0.1, -0.05) is 11.8 Å². The maximum absolute atomic E-state index is 12.8. The molecule has 0 aliphatic carbocycles. The number of nitrogens with zero attached hydrogens (tertiary/aromatic N) is 4. The van der Waals surface area contributed by atoms with Gasteiger partial charge in [-0.2, -0.15) is 5.10 Å². The summed E-state index contributed by atoms with van der Waals surface area (Å²) in [4.78, 5) is 31.7. The number of rotatable bonds is 6. The predicted octanol–water partition coefficient (Wildman–Crippen LogP) is 3.60. The van der Waals surface area contributed by atoms with Gasteiger partial charge in [-0.25, -0.2) is 9.67 Å². The van der Waals surface area contributed by atoms with Crippen molar-refractivity contribution in [2.45, 2.75) is 52.4 Å². The van der Waals surface area contributed by atoms with Gasteiger partial charge in [-0.05, 0) is 40.2 Å². The first-order chi connectivity index (χ1) is 12.8. The molecule has 0 spiro atoms. The Bertz CT molecular complexity index is 1050. The highest BCUT2D eigenvalue weighted by Crippen LogP contribution is 2.28. The molecule has 27 heavy (non-hydrogen) atoms. The molecule has 0 saturated heterocycles. The highest BCUT2D eigenvalue weighted by atomic mass is 32.2. The normalized spacial score (nSPS) is 11.5. The summed E-state index contributed by atoms with van der Waals surface area (Å²) >= 11 is 2.80. The molecule has 0 atom stereocenters. The smallest absolute Gasteiger partial charge is 0.263 e. The molecule has 3 heterocycles. The van der Waals surface area contributed by atoms with Crippen LogP contribution >= 0.6 is 23.1 Å². The van der Waals surface area contributed by atoms with Crippen LogP contribution in [-0.2, 0) is 11.3 Å². The second kappa shape index (κ2) is 7.85. The zero-order valence-electron chi connectivity index (χ0n) is 16.1. The van der Waals surface area contributed by atoms with Crippen LogP contribution in [0.5, 0.6) is 0 Å². The SMILES string of the molecule is CCn1c(SCC(=O)Nc2ccnn2C(C)C)nc2sc(C)c(C)c2c1=O. The molecular weight excluding hydrogens is 382 g/mol. The van der Waals surface area contributed by atoms with Crippen molar-refractivity contribution in [1.29, 1.82) is 0 Å². The fourth-order valence-corrected chi connectivity index (χ4v) is 4.77. The quantitative estimate of drug-likeness (QED) is 0.500. The summed E-state index contributed by atoms with van der Waals surface area (Å²) in [6.45, 7) is 10.4. The second-order valence-electron chi connectivity index (χ2n) is 6.50. The second-order valence-corrected chi connectivity index (χ2v) is 8.64. The number of anilines is 1. The Morgan fingerprint density at radius 3 is 2.78 bits per heavy atom. The van der Waals surface area contributed by atoms with E-state index in [0.29, 0.717) is 22.9 Å². The third-order valence-electron chi connectivity index (χ3n) is 4.33. The first-order valence-corrected chi connectivity index (χ1v) is 10.6. The molecule has 3 rings (SSSR count). The molecule has 3 aromatic heterocycles. The summed E-state index contributed by atoms with van der Waals surface area (Å²) in [5.41, 5.74) is 0.955. The molecule has 1 amide bonds. The minimum atomic E-state index is -0.155. The molecule has 0 unspecified atom stereocenters. The number of thioether (sulfide) groups is 1. The van der Waals surface area contributed by atoms with Crippen LogP contribution in [0.1, 0.15) is 37.3 Å². The fourth-order valence-electron chi connectivity index (χ4n) is 2.83. The van der Waals surface area contributed by atoms with Crippen LogP contribution in [-0.4, -0.2) is 31.0 Å².